The number of benzene rings is 3. The van der Waals surface area contributed by atoms with Crippen molar-refractivity contribution in [1.82, 2.24) is 5.32 Å². The van der Waals surface area contributed by atoms with E-state index in [1.807, 2.05) is 48.5 Å². The van der Waals surface area contributed by atoms with Crippen LogP contribution in [-0.4, -0.2) is 43.2 Å². The summed E-state index contributed by atoms with van der Waals surface area (Å²) in [6, 6.07) is 16.9. The van der Waals surface area contributed by atoms with E-state index in [0.717, 1.165) is 36.1 Å². The average molecular weight is 632 g/mol. The molecule has 0 radical (unpaired) electrons. The highest BCUT2D eigenvalue weighted by molar-refractivity contribution is 6.05. The van der Waals surface area contributed by atoms with Crippen LogP contribution in [0.5, 0.6) is 11.5 Å². The molecule has 0 fully saturated rings. The van der Waals surface area contributed by atoms with Crippen LogP contribution in [0.1, 0.15) is 121 Å². The topological polar surface area (TPSA) is 90.9 Å². The minimum atomic E-state index is -0.284. The van der Waals surface area contributed by atoms with Gasteiger partial charge in [-0.1, -0.05) is 121 Å². The Kier molecular flexibility index (Phi) is 16.9. The molecule has 0 heterocycles. The minimum Gasteiger partial charge on any atom is -0.506 e. The molecule has 7 heteroatoms. The smallest absolute Gasteiger partial charge is 0.255 e. The third kappa shape index (κ3) is 12.6. The van der Waals surface area contributed by atoms with E-state index >= 15 is 0 Å². The van der Waals surface area contributed by atoms with Gasteiger partial charge in [0.25, 0.3) is 5.91 Å². The zero-order valence-electron chi connectivity index (χ0n) is 28.5. The summed E-state index contributed by atoms with van der Waals surface area (Å²) >= 11 is 0. The first-order chi connectivity index (χ1) is 22.4. The van der Waals surface area contributed by atoms with Crippen molar-refractivity contribution in [3.63, 3.8) is 0 Å². The number of nitrogens with one attached hydrogen (secondary N) is 2. The summed E-state index contributed by atoms with van der Waals surface area (Å²) in [6.07, 6.45) is 18.1. The second kappa shape index (κ2) is 21.1. The van der Waals surface area contributed by atoms with Gasteiger partial charge in [0.05, 0.1) is 12.1 Å². The van der Waals surface area contributed by atoms with Crippen LogP contribution < -0.4 is 20.3 Å². The van der Waals surface area contributed by atoms with E-state index in [0.29, 0.717) is 30.8 Å². The Bertz CT molecular complexity index is 1340. The number of hydrogen-bond donors (Lipinski definition) is 3. The summed E-state index contributed by atoms with van der Waals surface area (Å²) in [7, 11) is 0. The van der Waals surface area contributed by atoms with Crippen molar-refractivity contribution >= 4 is 34.0 Å². The van der Waals surface area contributed by atoms with Crippen molar-refractivity contribution in [2.24, 2.45) is 0 Å². The Morgan fingerprint density at radius 3 is 1.98 bits per heavy atom. The molecule has 2 amide bonds. The standard InChI is InChI=1S/C39H57N3O4/c1-4-6-7-8-9-10-11-12-13-14-15-16-17-20-26-40-39(45)36-30-37(34-24-18-19-25-35(34)38(36)44)46-28-27-42(5-2)33-23-21-22-32(29-33)41-31(3)43/h18-19,21-25,29-30,44H,4-17,20,26-28H2,1-3H3,(H,40,45)(H,41,43). The number of phenols is 1. The van der Waals surface area contributed by atoms with Gasteiger partial charge >= 0.3 is 0 Å². The lowest BCUT2D eigenvalue weighted by atomic mass is 10.0. The van der Waals surface area contributed by atoms with Crippen molar-refractivity contribution in [2.45, 2.75) is 111 Å². The van der Waals surface area contributed by atoms with Crippen LogP contribution in [0.4, 0.5) is 11.4 Å². The molecule has 0 bridgehead atoms. The molecule has 0 spiro atoms. The van der Waals surface area contributed by atoms with E-state index in [-0.39, 0.29) is 23.1 Å². The number of phenolic OH excluding ortho intramolecular Hbond substituents is 1. The number of carbonyl (C=O) groups excluding carboxylic acids is 2. The number of ether oxygens (including phenoxy) is 1. The van der Waals surface area contributed by atoms with Crippen LogP contribution >= 0.6 is 0 Å². The number of aromatic hydroxyl groups is 1. The van der Waals surface area contributed by atoms with Gasteiger partial charge in [0.2, 0.25) is 5.91 Å². The lowest BCUT2D eigenvalue weighted by Gasteiger charge is -2.24. The van der Waals surface area contributed by atoms with Gasteiger partial charge in [-0.3, -0.25) is 9.59 Å². The molecule has 0 aliphatic rings. The summed E-state index contributed by atoms with van der Waals surface area (Å²) in [4.78, 5) is 26.8. The molecule has 0 aliphatic heterocycles. The van der Waals surface area contributed by atoms with Gasteiger partial charge in [0.15, 0.2) is 0 Å². The molecule has 0 saturated heterocycles. The number of rotatable bonds is 23. The molecule has 0 atom stereocenters. The molecule has 0 aliphatic carbocycles. The lowest BCUT2D eigenvalue weighted by molar-refractivity contribution is -0.114. The largest absolute Gasteiger partial charge is 0.506 e. The lowest BCUT2D eigenvalue weighted by Crippen LogP contribution is -2.28. The van der Waals surface area contributed by atoms with Crippen molar-refractivity contribution in [1.29, 1.82) is 0 Å². The first-order valence-electron chi connectivity index (χ1n) is 17.7. The molecule has 0 aromatic heterocycles. The second-order valence-electron chi connectivity index (χ2n) is 12.3. The average Bonchev–Trinajstić information content (AvgIpc) is 3.05. The van der Waals surface area contributed by atoms with E-state index in [2.05, 4.69) is 29.4 Å². The van der Waals surface area contributed by atoms with Crippen molar-refractivity contribution in [3.05, 3.63) is 60.2 Å². The summed E-state index contributed by atoms with van der Waals surface area (Å²) in [5, 5.41) is 18.2. The normalized spacial score (nSPS) is 11.0. The van der Waals surface area contributed by atoms with Gasteiger partial charge < -0.3 is 25.4 Å². The number of likely N-dealkylation sites (N-methyl/N-ethyl adjacent to an activating group) is 1. The highest BCUT2D eigenvalue weighted by Crippen LogP contribution is 2.36. The second-order valence-corrected chi connectivity index (χ2v) is 12.3. The van der Waals surface area contributed by atoms with Gasteiger partial charge in [-0.05, 0) is 37.6 Å². The van der Waals surface area contributed by atoms with E-state index in [9.17, 15) is 14.7 Å². The van der Waals surface area contributed by atoms with Gasteiger partial charge in [-0.2, -0.15) is 0 Å². The first kappa shape index (κ1) is 36.7. The number of fused-ring (bicyclic) bond motifs is 1. The fraction of sp³-hybridized carbons (Fsp3) is 0.538. The van der Waals surface area contributed by atoms with Crippen LogP contribution in [0.3, 0.4) is 0 Å². The molecule has 252 valence electrons. The summed E-state index contributed by atoms with van der Waals surface area (Å²) < 4.78 is 6.24. The molecule has 7 nitrogen and oxygen atoms in total. The van der Waals surface area contributed by atoms with Crippen molar-refractivity contribution < 1.29 is 19.4 Å². The van der Waals surface area contributed by atoms with E-state index in [1.54, 1.807) is 6.07 Å². The summed E-state index contributed by atoms with van der Waals surface area (Å²) in [5.41, 5.74) is 1.96. The molecule has 0 saturated carbocycles. The Hall–Kier alpha value is -3.74. The zero-order valence-corrected chi connectivity index (χ0v) is 28.5. The molecular formula is C39H57N3O4. The summed E-state index contributed by atoms with van der Waals surface area (Å²) in [5.74, 6) is 0.152. The van der Waals surface area contributed by atoms with Crippen LogP contribution in [-0.2, 0) is 4.79 Å². The maximum Gasteiger partial charge on any atom is 0.255 e. The maximum absolute atomic E-state index is 13.2. The number of amides is 2. The number of carbonyl (C=O) groups is 2. The predicted octanol–water partition coefficient (Wildman–Crippen LogP) is 9.62. The monoisotopic (exact) mass is 631 g/mol. The van der Waals surface area contributed by atoms with Gasteiger partial charge in [-0.15, -0.1) is 0 Å². The Labute approximate surface area is 277 Å². The third-order valence-corrected chi connectivity index (χ3v) is 8.57. The SMILES string of the molecule is CCCCCCCCCCCCCCCCNC(=O)c1cc(OCCN(CC)c2cccc(NC(C)=O)c2)c2ccccc2c1O. The third-order valence-electron chi connectivity index (χ3n) is 8.57. The molecular weight excluding hydrogens is 574 g/mol. The fourth-order valence-corrected chi connectivity index (χ4v) is 5.96. The van der Waals surface area contributed by atoms with Crippen LogP contribution in [0.2, 0.25) is 0 Å². The highest BCUT2D eigenvalue weighted by atomic mass is 16.5. The number of unbranched alkanes of at least 4 members (excludes halogenated alkanes) is 13. The van der Waals surface area contributed by atoms with Gasteiger partial charge in [0, 0.05) is 42.2 Å². The molecule has 3 aromatic carbocycles. The van der Waals surface area contributed by atoms with Crippen LogP contribution in [0.15, 0.2) is 54.6 Å². The number of anilines is 2. The van der Waals surface area contributed by atoms with E-state index in [1.165, 1.54) is 84.0 Å². The Balaban J connectivity index is 1.44. The quantitative estimate of drug-likeness (QED) is 0.0907. The molecule has 3 aromatic rings. The Morgan fingerprint density at radius 1 is 0.761 bits per heavy atom. The zero-order chi connectivity index (χ0) is 33.0. The van der Waals surface area contributed by atoms with Crippen LogP contribution in [0, 0.1) is 0 Å². The van der Waals surface area contributed by atoms with Gasteiger partial charge in [0.1, 0.15) is 18.1 Å². The molecule has 3 rings (SSSR count). The minimum absolute atomic E-state index is 0.0219. The first-order valence-corrected chi connectivity index (χ1v) is 17.7. The fourth-order valence-electron chi connectivity index (χ4n) is 5.96. The van der Waals surface area contributed by atoms with Crippen molar-refractivity contribution in [3.8, 4) is 11.5 Å². The highest BCUT2D eigenvalue weighted by Gasteiger charge is 2.18. The van der Waals surface area contributed by atoms with E-state index in [4.69, 9.17) is 4.74 Å². The number of nitrogens with zero attached hydrogens (tertiary/aromatic N) is 1. The number of hydrogen-bond acceptors (Lipinski definition) is 5. The van der Waals surface area contributed by atoms with E-state index < -0.39 is 0 Å². The van der Waals surface area contributed by atoms with Crippen molar-refractivity contribution in [2.75, 3.05) is 36.5 Å². The van der Waals surface area contributed by atoms with Gasteiger partial charge in [-0.25, -0.2) is 0 Å². The molecule has 46 heavy (non-hydrogen) atoms. The molecule has 0 unspecified atom stereocenters. The maximum atomic E-state index is 13.2. The Morgan fingerprint density at radius 2 is 1.37 bits per heavy atom. The molecule has 3 N–H and O–H groups in total. The summed E-state index contributed by atoms with van der Waals surface area (Å²) in [6.45, 7) is 8.17. The predicted molar refractivity (Wildman–Crippen MR) is 192 cm³/mol. The van der Waals surface area contributed by atoms with Crippen LogP contribution in [0.25, 0.3) is 10.8 Å².